The molecule has 1 fully saturated rings. The van der Waals surface area contributed by atoms with E-state index in [-0.39, 0.29) is 24.6 Å². The maximum Gasteiger partial charge on any atom is 0.262 e. The van der Waals surface area contributed by atoms with Crippen molar-refractivity contribution < 1.29 is 9.53 Å². The van der Waals surface area contributed by atoms with Crippen LogP contribution in [0.2, 0.25) is 0 Å². The summed E-state index contributed by atoms with van der Waals surface area (Å²) in [5.74, 6) is 0.417. The number of amides is 1. The van der Waals surface area contributed by atoms with E-state index in [0.717, 1.165) is 34.9 Å². The standard InChI is InChI=1S/C34H32N6O2S/c1-23-19-29(24(2)39(23)21-25-9-8-17-35-20-25)33-32(30-12-6-7-18-36-30)38-34(43)40(33)27-15-13-26(14-16-27)37-31(41)22-42-28-10-4-3-5-11-28/h3-20,32-33H,21-22H2,1-2H3,(H,37,41)(H,38,43)/t32-,33+/m0/s1. The van der Waals surface area contributed by atoms with Crippen molar-refractivity contribution in [1.29, 1.82) is 0 Å². The Hall–Kier alpha value is -5.02. The Morgan fingerprint density at radius 1 is 0.977 bits per heavy atom. The highest BCUT2D eigenvalue weighted by Crippen LogP contribution is 2.43. The van der Waals surface area contributed by atoms with Gasteiger partial charge in [-0.2, -0.15) is 0 Å². The second-order valence-corrected chi connectivity index (χ2v) is 10.9. The Morgan fingerprint density at radius 3 is 2.49 bits per heavy atom. The summed E-state index contributed by atoms with van der Waals surface area (Å²) in [6.45, 7) is 4.94. The van der Waals surface area contributed by atoms with Crippen LogP contribution in [0, 0.1) is 13.8 Å². The molecular formula is C34H32N6O2S. The Bertz CT molecular complexity index is 1710. The molecule has 8 nitrogen and oxygen atoms in total. The molecule has 43 heavy (non-hydrogen) atoms. The lowest BCUT2D eigenvalue weighted by molar-refractivity contribution is -0.118. The smallest absolute Gasteiger partial charge is 0.262 e. The van der Waals surface area contributed by atoms with Gasteiger partial charge in [0.25, 0.3) is 5.91 Å². The van der Waals surface area contributed by atoms with Gasteiger partial charge >= 0.3 is 0 Å². The zero-order valence-electron chi connectivity index (χ0n) is 24.0. The third kappa shape index (κ3) is 6.12. The molecule has 1 aliphatic heterocycles. The van der Waals surface area contributed by atoms with Crippen molar-refractivity contribution in [1.82, 2.24) is 19.9 Å². The molecular weight excluding hydrogens is 556 g/mol. The van der Waals surface area contributed by atoms with Crippen molar-refractivity contribution in [2.24, 2.45) is 0 Å². The third-order valence-corrected chi connectivity index (χ3v) is 7.95. The van der Waals surface area contributed by atoms with Crippen LogP contribution in [0.15, 0.2) is 110 Å². The van der Waals surface area contributed by atoms with Crippen molar-refractivity contribution in [2.45, 2.75) is 32.5 Å². The van der Waals surface area contributed by atoms with Gasteiger partial charge in [-0.25, -0.2) is 0 Å². The fourth-order valence-electron chi connectivity index (χ4n) is 5.56. The average molecular weight is 589 g/mol. The lowest BCUT2D eigenvalue weighted by Crippen LogP contribution is -2.29. The molecule has 1 aliphatic rings. The van der Waals surface area contributed by atoms with Crippen LogP contribution in [0.25, 0.3) is 0 Å². The summed E-state index contributed by atoms with van der Waals surface area (Å²) in [6, 6.07) is 28.9. The van der Waals surface area contributed by atoms with Gasteiger partial charge in [0, 0.05) is 47.9 Å². The minimum absolute atomic E-state index is 0.0750. The molecule has 3 aromatic heterocycles. The number of carbonyl (C=O) groups is 1. The Balaban J connectivity index is 1.28. The third-order valence-electron chi connectivity index (χ3n) is 7.64. The molecule has 1 saturated heterocycles. The first kappa shape index (κ1) is 28.1. The van der Waals surface area contributed by atoms with Crippen LogP contribution in [0.4, 0.5) is 11.4 Å². The molecule has 0 bridgehead atoms. The summed E-state index contributed by atoms with van der Waals surface area (Å²) in [4.78, 5) is 23.7. The minimum atomic E-state index is -0.232. The van der Waals surface area contributed by atoms with Crippen LogP contribution in [0.3, 0.4) is 0 Å². The second kappa shape index (κ2) is 12.5. The van der Waals surface area contributed by atoms with E-state index in [1.54, 1.807) is 6.20 Å². The van der Waals surface area contributed by atoms with Gasteiger partial charge in [0.15, 0.2) is 11.7 Å². The lowest BCUT2D eigenvalue weighted by atomic mass is 9.96. The van der Waals surface area contributed by atoms with E-state index in [1.807, 2.05) is 91.3 Å². The number of ether oxygens (including phenoxy) is 1. The van der Waals surface area contributed by atoms with Crippen molar-refractivity contribution in [3.63, 3.8) is 0 Å². The topological polar surface area (TPSA) is 84.3 Å². The van der Waals surface area contributed by atoms with E-state index < -0.39 is 0 Å². The summed E-state index contributed by atoms with van der Waals surface area (Å²) in [5, 5.41) is 7.07. The minimum Gasteiger partial charge on any atom is -0.484 e. The molecule has 6 rings (SSSR count). The largest absolute Gasteiger partial charge is 0.484 e. The van der Waals surface area contributed by atoms with E-state index in [2.05, 4.69) is 56.0 Å². The molecule has 2 aromatic carbocycles. The SMILES string of the molecule is Cc1cc([C@@H]2[C@H](c3ccccn3)NC(=S)N2c2ccc(NC(=O)COc3ccccc3)cc2)c(C)n1Cc1cccnc1. The summed E-state index contributed by atoms with van der Waals surface area (Å²) >= 11 is 5.93. The number of nitrogens with one attached hydrogen (secondary N) is 2. The molecule has 0 unspecified atom stereocenters. The zero-order chi connectivity index (χ0) is 29.8. The molecule has 0 aliphatic carbocycles. The highest BCUT2D eigenvalue weighted by molar-refractivity contribution is 7.80. The number of hydrogen-bond acceptors (Lipinski definition) is 5. The molecule has 0 radical (unpaired) electrons. The molecule has 2 atom stereocenters. The van der Waals surface area contributed by atoms with Crippen molar-refractivity contribution in [3.8, 4) is 5.75 Å². The van der Waals surface area contributed by atoms with Gasteiger partial charge in [-0.1, -0.05) is 30.3 Å². The van der Waals surface area contributed by atoms with E-state index in [1.165, 1.54) is 5.56 Å². The van der Waals surface area contributed by atoms with Gasteiger partial charge in [0.2, 0.25) is 0 Å². The predicted molar refractivity (Wildman–Crippen MR) is 172 cm³/mol. The van der Waals surface area contributed by atoms with Gasteiger partial charge in [-0.15, -0.1) is 0 Å². The van der Waals surface area contributed by atoms with Crippen molar-refractivity contribution in [2.75, 3.05) is 16.8 Å². The van der Waals surface area contributed by atoms with Crippen LogP contribution in [-0.2, 0) is 11.3 Å². The van der Waals surface area contributed by atoms with Crippen LogP contribution in [0.5, 0.6) is 5.75 Å². The van der Waals surface area contributed by atoms with Crippen LogP contribution < -0.4 is 20.3 Å². The molecule has 0 saturated carbocycles. The maximum atomic E-state index is 12.5. The first-order valence-corrected chi connectivity index (χ1v) is 14.5. The summed E-state index contributed by atoms with van der Waals surface area (Å²) in [7, 11) is 0. The second-order valence-electron chi connectivity index (χ2n) is 10.5. The molecule has 5 aromatic rings. The van der Waals surface area contributed by atoms with E-state index in [0.29, 0.717) is 16.5 Å². The number of anilines is 2. The van der Waals surface area contributed by atoms with Crippen LogP contribution in [0.1, 0.15) is 40.3 Å². The van der Waals surface area contributed by atoms with Gasteiger partial charge in [-0.3, -0.25) is 14.8 Å². The summed E-state index contributed by atoms with van der Waals surface area (Å²) < 4.78 is 7.90. The Morgan fingerprint density at radius 2 is 1.77 bits per heavy atom. The molecule has 0 spiro atoms. The van der Waals surface area contributed by atoms with Crippen molar-refractivity contribution >= 4 is 34.6 Å². The van der Waals surface area contributed by atoms with Gasteiger partial charge < -0.3 is 24.8 Å². The van der Waals surface area contributed by atoms with E-state index in [9.17, 15) is 4.79 Å². The van der Waals surface area contributed by atoms with Gasteiger partial charge in [0.05, 0.1) is 17.8 Å². The van der Waals surface area contributed by atoms with Crippen LogP contribution in [-0.4, -0.2) is 32.2 Å². The molecule has 2 N–H and O–H groups in total. The number of nitrogens with zero attached hydrogens (tertiary/aromatic N) is 4. The Kier molecular flexibility index (Phi) is 8.15. The maximum absolute atomic E-state index is 12.5. The summed E-state index contributed by atoms with van der Waals surface area (Å²) in [5.41, 5.74) is 7.13. The van der Waals surface area contributed by atoms with Gasteiger partial charge in [0.1, 0.15) is 5.75 Å². The number of hydrogen-bond donors (Lipinski definition) is 2. The number of aryl methyl sites for hydroxylation is 1. The highest BCUT2D eigenvalue weighted by Gasteiger charge is 2.42. The highest BCUT2D eigenvalue weighted by atomic mass is 32.1. The Labute approximate surface area is 256 Å². The fraction of sp³-hybridized carbons (Fsp3) is 0.176. The number of aromatic nitrogens is 3. The normalized spacial score (nSPS) is 16.1. The van der Waals surface area contributed by atoms with Crippen molar-refractivity contribution in [3.05, 3.63) is 138 Å². The van der Waals surface area contributed by atoms with E-state index >= 15 is 0 Å². The number of para-hydroxylation sites is 1. The number of carbonyl (C=O) groups excluding carboxylic acids is 1. The first-order chi connectivity index (χ1) is 21.0. The average Bonchev–Trinajstić information content (AvgIpc) is 3.52. The predicted octanol–water partition coefficient (Wildman–Crippen LogP) is 6.14. The summed E-state index contributed by atoms with van der Waals surface area (Å²) in [6.07, 6.45) is 5.51. The monoisotopic (exact) mass is 588 g/mol. The molecule has 1 amide bonds. The number of benzene rings is 2. The van der Waals surface area contributed by atoms with Gasteiger partial charge in [-0.05, 0) is 97.9 Å². The fourth-order valence-corrected chi connectivity index (χ4v) is 5.91. The number of thiocarbonyl (C=S) groups is 1. The quantitative estimate of drug-likeness (QED) is 0.200. The van der Waals surface area contributed by atoms with Crippen LogP contribution >= 0.6 is 12.2 Å². The molecule has 4 heterocycles. The number of pyridine rings is 2. The first-order valence-electron chi connectivity index (χ1n) is 14.1. The number of rotatable bonds is 9. The molecule has 9 heteroatoms. The molecule has 216 valence electrons. The van der Waals surface area contributed by atoms with E-state index in [4.69, 9.17) is 17.0 Å². The lowest BCUT2D eigenvalue weighted by Gasteiger charge is -2.28. The zero-order valence-corrected chi connectivity index (χ0v) is 24.8.